The fourth-order valence-corrected chi connectivity index (χ4v) is 1.35. The first-order chi connectivity index (χ1) is 8.50. The minimum atomic E-state index is -1.10. The predicted octanol–water partition coefficient (Wildman–Crippen LogP) is 1.69. The molecule has 18 heavy (non-hydrogen) atoms. The topological polar surface area (TPSA) is 78.4 Å². The van der Waals surface area contributed by atoms with Gasteiger partial charge in [-0.1, -0.05) is 42.5 Å². The molecule has 1 rings (SSSR count). The summed E-state index contributed by atoms with van der Waals surface area (Å²) in [6.07, 6.45) is 0. The van der Waals surface area contributed by atoms with Crippen molar-refractivity contribution in [3.8, 4) is 0 Å². The predicted molar refractivity (Wildman–Crippen MR) is 68.2 cm³/mol. The molecule has 0 bridgehead atoms. The third kappa shape index (κ3) is 4.29. The summed E-state index contributed by atoms with van der Waals surface area (Å²) in [4.78, 5) is 22.6. The number of carbonyl (C=O) groups excluding carboxylic acids is 1. The summed E-state index contributed by atoms with van der Waals surface area (Å²) >= 11 is 0. The van der Waals surface area contributed by atoms with Crippen LogP contribution in [-0.2, 0) is 4.79 Å². The number of hydrogen-bond acceptors (Lipinski definition) is 2. The fraction of sp³-hybridized carbons (Fsp3) is 0.231. The third-order valence-electron chi connectivity index (χ3n) is 2.21. The van der Waals surface area contributed by atoms with E-state index in [9.17, 15) is 9.59 Å². The van der Waals surface area contributed by atoms with Gasteiger partial charge in [0, 0.05) is 6.54 Å². The number of carboxylic acids is 1. The van der Waals surface area contributed by atoms with E-state index in [-0.39, 0.29) is 0 Å². The van der Waals surface area contributed by atoms with Gasteiger partial charge in [0.05, 0.1) is 0 Å². The Morgan fingerprint density at radius 2 is 1.94 bits per heavy atom. The first kappa shape index (κ1) is 13.8. The SMILES string of the molecule is C=C(C)CNC(=O)N[C@H](C(=O)O)c1ccccc1. The Morgan fingerprint density at radius 3 is 2.44 bits per heavy atom. The van der Waals surface area contributed by atoms with Crippen molar-refractivity contribution in [2.24, 2.45) is 0 Å². The van der Waals surface area contributed by atoms with Crippen LogP contribution in [0.3, 0.4) is 0 Å². The Hall–Kier alpha value is -2.30. The summed E-state index contributed by atoms with van der Waals surface area (Å²) < 4.78 is 0. The zero-order chi connectivity index (χ0) is 13.5. The molecule has 0 aliphatic carbocycles. The molecule has 5 heteroatoms. The van der Waals surface area contributed by atoms with E-state index in [0.717, 1.165) is 5.57 Å². The molecule has 0 aromatic heterocycles. The first-order valence-corrected chi connectivity index (χ1v) is 5.47. The average Bonchev–Trinajstić information content (AvgIpc) is 2.34. The molecule has 0 spiro atoms. The highest BCUT2D eigenvalue weighted by Crippen LogP contribution is 2.12. The van der Waals surface area contributed by atoms with Crippen LogP contribution in [0.25, 0.3) is 0 Å². The second-order valence-corrected chi connectivity index (χ2v) is 3.97. The molecule has 96 valence electrons. The van der Waals surface area contributed by atoms with Crippen LogP contribution in [0.5, 0.6) is 0 Å². The molecule has 0 aliphatic rings. The summed E-state index contributed by atoms with van der Waals surface area (Å²) in [6.45, 7) is 5.72. The minimum absolute atomic E-state index is 0.312. The van der Waals surface area contributed by atoms with E-state index in [2.05, 4.69) is 17.2 Å². The number of rotatable bonds is 5. The van der Waals surface area contributed by atoms with Crippen molar-refractivity contribution in [3.63, 3.8) is 0 Å². The Bertz CT molecular complexity index is 443. The molecular weight excluding hydrogens is 232 g/mol. The molecule has 1 aromatic carbocycles. The molecular formula is C13H16N2O3. The van der Waals surface area contributed by atoms with E-state index in [1.165, 1.54) is 0 Å². The Morgan fingerprint density at radius 1 is 1.33 bits per heavy atom. The highest BCUT2D eigenvalue weighted by Gasteiger charge is 2.21. The largest absolute Gasteiger partial charge is 0.479 e. The zero-order valence-corrected chi connectivity index (χ0v) is 10.1. The number of urea groups is 1. The van der Waals surface area contributed by atoms with E-state index in [1.54, 1.807) is 37.3 Å². The van der Waals surface area contributed by atoms with Crippen molar-refractivity contribution in [2.45, 2.75) is 13.0 Å². The molecule has 3 N–H and O–H groups in total. The van der Waals surface area contributed by atoms with Crippen molar-refractivity contribution >= 4 is 12.0 Å². The molecule has 0 heterocycles. The first-order valence-electron chi connectivity index (χ1n) is 5.47. The van der Waals surface area contributed by atoms with Gasteiger partial charge < -0.3 is 15.7 Å². The number of benzene rings is 1. The van der Waals surface area contributed by atoms with Gasteiger partial charge in [0.1, 0.15) is 0 Å². The number of aliphatic carboxylic acids is 1. The minimum Gasteiger partial charge on any atom is -0.479 e. The Balaban J connectivity index is 2.67. The molecule has 0 radical (unpaired) electrons. The van der Waals surface area contributed by atoms with E-state index in [0.29, 0.717) is 12.1 Å². The van der Waals surface area contributed by atoms with Crippen LogP contribution in [0, 0.1) is 0 Å². The average molecular weight is 248 g/mol. The van der Waals surface area contributed by atoms with Gasteiger partial charge >= 0.3 is 12.0 Å². The van der Waals surface area contributed by atoms with Crippen LogP contribution in [0.2, 0.25) is 0 Å². The molecule has 0 aliphatic heterocycles. The second kappa shape index (κ2) is 6.44. The van der Waals surface area contributed by atoms with Gasteiger partial charge in [-0.25, -0.2) is 9.59 Å². The van der Waals surface area contributed by atoms with Crippen LogP contribution < -0.4 is 10.6 Å². The van der Waals surface area contributed by atoms with Gasteiger partial charge in [0.15, 0.2) is 6.04 Å². The molecule has 1 aromatic rings. The summed E-state index contributed by atoms with van der Waals surface area (Å²) in [6, 6.07) is 6.93. The molecule has 0 unspecified atom stereocenters. The number of nitrogens with one attached hydrogen (secondary N) is 2. The molecule has 0 saturated carbocycles. The standard InChI is InChI=1S/C13H16N2O3/c1-9(2)8-14-13(18)15-11(12(16)17)10-6-4-3-5-7-10/h3-7,11H,1,8H2,2H3,(H,16,17)(H2,14,15,18)/t11-/m0/s1. The third-order valence-corrected chi connectivity index (χ3v) is 2.21. The normalized spacial score (nSPS) is 11.4. The summed E-state index contributed by atoms with van der Waals surface area (Å²) in [5.74, 6) is -1.10. The molecule has 5 nitrogen and oxygen atoms in total. The highest BCUT2D eigenvalue weighted by atomic mass is 16.4. The molecule has 2 amide bonds. The van der Waals surface area contributed by atoms with Gasteiger partial charge in [-0.2, -0.15) is 0 Å². The van der Waals surface area contributed by atoms with Crippen LogP contribution in [-0.4, -0.2) is 23.7 Å². The number of carbonyl (C=O) groups is 2. The van der Waals surface area contributed by atoms with E-state index >= 15 is 0 Å². The Labute approximate surface area is 106 Å². The van der Waals surface area contributed by atoms with Crippen LogP contribution in [0.1, 0.15) is 18.5 Å². The van der Waals surface area contributed by atoms with Gasteiger partial charge in [-0.05, 0) is 12.5 Å². The quantitative estimate of drug-likeness (QED) is 0.694. The molecule has 0 fully saturated rings. The van der Waals surface area contributed by atoms with Crippen molar-refractivity contribution in [1.82, 2.24) is 10.6 Å². The second-order valence-electron chi connectivity index (χ2n) is 3.97. The lowest BCUT2D eigenvalue weighted by Gasteiger charge is -2.15. The lowest BCUT2D eigenvalue weighted by Crippen LogP contribution is -2.41. The van der Waals surface area contributed by atoms with Crippen molar-refractivity contribution in [3.05, 3.63) is 48.0 Å². The van der Waals surface area contributed by atoms with Crippen LogP contribution >= 0.6 is 0 Å². The zero-order valence-electron chi connectivity index (χ0n) is 10.1. The van der Waals surface area contributed by atoms with Crippen molar-refractivity contribution in [2.75, 3.05) is 6.54 Å². The molecule has 1 atom stereocenters. The van der Waals surface area contributed by atoms with Gasteiger partial charge in [-0.15, -0.1) is 0 Å². The van der Waals surface area contributed by atoms with Crippen LogP contribution in [0.4, 0.5) is 4.79 Å². The lowest BCUT2D eigenvalue weighted by atomic mass is 10.1. The van der Waals surface area contributed by atoms with Crippen LogP contribution in [0.15, 0.2) is 42.5 Å². The summed E-state index contributed by atoms with van der Waals surface area (Å²) in [7, 11) is 0. The van der Waals surface area contributed by atoms with Gasteiger partial charge in [0.2, 0.25) is 0 Å². The van der Waals surface area contributed by atoms with Crippen molar-refractivity contribution < 1.29 is 14.7 Å². The highest BCUT2D eigenvalue weighted by molar-refractivity contribution is 5.83. The smallest absolute Gasteiger partial charge is 0.330 e. The van der Waals surface area contributed by atoms with Gasteiger partial charge in [-0.3, -0.25) is 0 Å². The van der Waals surface area contributed by atoms with E-state index in [1.807, 2.05) is 0 Å². The van der Waals surface area contributed by atoms with E-state index in [4.69, 9.17) is 5.11 Å². The number of amides is 2. The monoisotopic (exact) mass is 248 g/mol. The maximum absolute atomic E-state index is 11.5. The fourth-order valence-electron chi connectivity index (χ4n) is 1.35. The summed E-state index contributed by atoms with van der Waals surface area (Å²) in [5.41, 5.74) is 1.31. The van der Waals surface area contributed by atoms with E-state index < -0.39 is 18.0 Å². The Kier molecular flexibility index (Phi) is 4.92. The maximum atomic E-state index is 11.5. The number of hydrogen-bond donors (Lipinski definition) is 3. The van der Waals surface area contributed by atoms with Gasteiger partial charge in [0.25, 0.3) is 0 Å². The molecule has 0 saturated heterocycles. The maximum Gasteiger partial charge on any atom is 0.330 e. The lowest BCUT2D eigenvalue weighted by molar-refractivity contribution is -0.139. The summed E-state index contributed by atoms with van der Waals surface area (Å²) in [5, 5.41) is 14.0. The number of carboxylic acid groups (broad SMARTS) is 1. The van der Waals surface area contributed by atoms with Crippen molar-refractivity contribution in [1.29, 1.82) is 0 Å².